The van der Waals surface area contributed by atoms with Gasteiger partial charge < -0.3 is 9.64 Å². The summed E-state index contributed by atoms with van der Waals surface area (Å²) in [6.45, 7) is 7.09. The number of rotatable bonds is 4. The zero-order valence-electron chi connectivity index (χ0n) is 15.1. The lowest BCUT2D eigenvalue weighted by Gasteiger charge is -2.32. The van der Waals surface area contributed by atoms with Crippen molar-refractivity contribution in [1.82, 2.24) is 10.3 Å². The first-order chi connectivity index (χ1) is 11.8. The van der Waals surface area contributed by atoms with Crippen LogP contribution in [0.1, 0.15) is 33.6 Å². The SMILES string of the molecule is CC(C)(C)OC(=O)N1CCC(/C=N/NC(=O)C[n+]2ccccc2)CC1. The van der Waals surface area contributed by atoms with Crippen LogP contribution in [0, 0.1) is 5.92 Å². The van der Waals surface area contributed by atoms with Gasteiger partial charge in [-0.15, -0.1) is 0 Å². The average molecular weight is 347 g/mol. The van der Waals surface area contributed by atoms with Gasteiger partial charge in [0.15, 0.2) is 12.4 Å². The molecule has 2 rings (SSSR count). The van der Waals surface area contributed by atoms with Gasteiger partial charge in [-0.3, -0.25) is 4.79 Å². The van der Waals surface area contributed by atoms with E-state index >= 15 is 0 Å². The monoisotopic (exact) mass is 347 g/mol. The van der Waals surface area contributed by atoms with Crippen molar-refractivity contribution < 1.29 is 18.9 Å². The van der Waals surface area contributed by atoms with E-state index in [1.807, 2.05) is 51.4 Å². The molecule has 1 N–H and O–H groups in total. The van der Waals surface area contributed by atoms with Crippen molar-refractivity contribution in [3.05, 3.63) is 30.6 Å². The highest BCUT2D eigenvalue weighted by atomic mass is 16.6. The summed E-state index contributed by atoms with van der Waals surface area (Å²) in [5.74, 6) is 0.0852. The lowest BCUT2D eigenvalue weighted by Crippen LogP contribution is -2.42. The fourth-order valence-electron chi connectivity index (χ4n) is 2.51. The zero-order chi connectivity index (χ0) is 18.3. The van der Waals surface area contributed by atoms with Gasteiger partial charge in [0, 0.05) is 31.4 Å². The smallest absolute Gasteiger partial charge is 0.410 e. The van der Waals surface area contributed by atoms with Crippen LogP contribution in [0.5, 0.6) is 0 Å². The summed E-state index contributed by atoms with van der Waals surface area (Å²) in [6.07, 6.45) is 6.78. The summed E-state index contributed by atoms with van der Waals surface area (Å²) in [5, 5.41) is 4.05. The van der Waals surface area contributed by atoms with Gasteiger partial charge in [0.25, 0.3) is 0 Å². The van der Waals surface area contributed by atoms with Gasteiger partial charge in [0.2, 0.25) is 6.54 Å². The van der Waals surface area contributed by atoms with E-state index in [2.05, 4.69) is 10.5 Å². The number of hydrogen-bond donors (Lipinski definition) is 1. The second-order valence-corrected chi connectivity index (χ2v) is 7.17. The van der Waals surface area contributed by atoms with Crippen LogP contribution in [-0.4, -0.2) is 41.8 Å². The molecule has 0 spiro atoms. The van der Waals surface area contributed by atoms with Gasteiger partial charge in [0.1, 0.15) is 5.60 Å². The molecule has 0 atom stereocenters. The van der Waals surface area contributed by atoms with E-state index in [0.717, 1.165) is 12.8 Å². The molecule has 0 unspecified atom stereocenters. The molecular formula is C18H27N4O3+. The molecule has 7 heteroatoms. The van der Waals surface area contributed by atoms with E-state index < -0.39 is 5.60 Å². The first kappa shape index (κ1) is 18.9. The maximum atomic E-state index is 12.0. The van der Waals surface area contributed by atoms with Gasteiger partial charge >= 0.3 is 12.0 Å². The fourth-order valence-corrected chi connectivity index (χ4v) is 2.51. The third kappa shape index (κ3) is 6.91. The van der Waals surface area contributed by atoms with Crippen LogP contribution in [0.4, 0.5) is 4.79 Å². The normalized spacial score (nSPS) is 16.0. The van der Waals surface area contributed by atoms with E-state index in [1.54, 1.807) is 15.7 Å². The van der Waals surface area contributed by atoms with Crippen molar-refractivity contribution in [2.75, 3.05) is 13.1 Å². The fraction of sp³-hybridized carbons (Fsp3) is 0.556. The number of piperidine rings is 1. The molecule has 0 aromatic carbocycles. The Morgan fingerprint density at radius 3 is 2.48 bits per heavy atom. The number of ether oxygens (including phenoxy) is 1. The number of carbonyl (C=O) groups excluding carboxylic acids is 2. The van der Waals surface area contributed by atoms with Crippen molar-refractivity contribution in [1.29, 1.82) is 0 Å². The lowest BCUT2D eigenvalue weighted by atomic mass is 9.99. The summed E-state index contributed by atoms with van der Waals surface area (Å²) in [5.41, 5.74) is 2.07. The molecule has 1 aromatic heterocycles. The Bertz CT molecular complexity index is 602. The molecule has 7 nitrogen and oxygen atoms in total. The number of nitrogens with zero attached hydrogens (tertiary/aromatic N) is 3. The first-order valence-corrected chi connectivity index (χ1v) is 8.57. The van der Waals surface area contributed by atoms with Crippen LogP contribution >= 0.6 is 0 Å². The van der Waals surface area contributed by atoms with Crippen LogP contribution in [0.15, 0.2) is 35.7 Å². The summed E-state index contributed by atoms with van der Waals surface area (Å²) in [4.78, 5) is 25.5. The first-order valence-electron chi connectivity index (χ1n) is 8.57. The van der Waals surface area contributed by atoms with Crippen molar-refractivity contribution in [2.24, 2.45) is 11.0 Å². The Balaban J connectivity index is 1.70. The molecule has 1 aromatic rings. The van der Waals surface area contributed by atoms with Crippen molar-refractivity contribution in [2.45, 2.75) is 45.8 Å². The highest BCUT2D eigenvalue weighted by Gasteiger charge is 2.26. The number of amides is 2. The molecule has 1 saturated heterocycles. The van der Waals surface area contributed by atoms with Crippen molar-refractivity contribution in [3.63, 3.8) is 0 Å². The minimum Gasteiger partial charge on any atom is -0.444 e. The molecule has 2 heterocycles. The standard InChI is InChI=1S/C18H26N4O3/c1-18(2,3)25-17(24)22-11-7-15(8-12-22)13-19-20-16(23)14-21-9-5-4-6-10-21/h4-6,9-10,13,15H,7-8,11-12,14H2,1-3H3/p+1/b19-13+. The van der Waals surface area contributed by atoms with Crippen LogP contribution < -0.4 is 9.99 Å². The number of aromatic nitrogens is 1. The Morgan fingerprint density at radius 2 is 1.88 bits per heavy atom. The zero-order valence-corrected chi connectivity index (χ0v) is 15.1. The van der Waals surface area contributed by atoms with Crippen LogP contribution in [-0.2, 0) is 16.1 Å². The van der Waals surface area contributed by atoms with Crippen molar-refractivity contribution in [3.8, 4) is 0 Å². The van der Waals surface area contributed by atoms with E-state index in [0.29, 0.717) is 13.1 Å². The summed E-state index contributed by atoms with van der Waals surface area (Å²) in [7, 11) is 0. The number of hydrogen-bond acceptors (Lipinski definition) is 4. The van der Waals surface area contributed by atoms with Gasteiger partial charge in [0.05, 0.1) is 0 Å². The predicted octanol–water partition coefficient (Wildman–Crippen LogP) is 1.72. The lowest BCUT2D eigenvalue weighted by molar-refractivity contribution is -0.684. The molecule has 0 bridgehead atoms. The van der Waals surface area contributed by atoms with Crippen LogP contribution in [0.2, 0.25) is 0 Å². The largest absolute Gasteiger partial charge is 0.444 e. The van der Waals surface area contributed by atoms with Crippen LogP contribution in [0.3, 0.4) is 0 Å². The molecular weight excluding hydrogens is 320 g/mol. The molecule has 1 fully saturated rings. The highest BCUT2D eigenvalue weighted by Crippen LogP contribution is 2.18. The van der Waals surface area contributed by atoms with Crippen LogP contribution in [0.25, 0.3) is 0 Å². The van der Waals surface area contributed by atoms with Gasteiger partial charge in [-0.25, -0.2) is 10.2 Å². The summed E-state index contributed by atoms with van der Waals surface area (Å²) in [6, 6.07) is 5.64. The number of nitrogens with one attached hydrogen (secondary N) is 1. The maximum Gasteiger partial charge on any atom is 0.410 e. The van der Waals surface area contributed by atoms with Gasteiger partial charge in [-0.2, -0.15) is 9.67 Å². The molecule has 1 aliphatic heterocycles. The summed E-state index contributed by atoms with van der Waals surface area (Å²) >= 11 is 0. The minimum absolute atomic E-state index is 0.168. The highest BCUT2D eigenvalue weighted by molar-refractivity contribution is 5.75. The topological polar surface area (TPSA) is 74.9 Å². The van der Waals surface area contributed by atoms with Gasteiger partial charge in [-0.1, -0.05) is 6.07 Å². The minimum atomic E-state index is -0.476. The van der Waals surface area contributed by atoms with E-state index in [1.165, 1.54) is 0 Å². The number of pyridine rings is 1. The third-order valence-electron chi connectivity index (χ3n) is 3.77. The molecule has 0 aliphatic carbocycles. The Kier molecular flexibility index (Phi) is 6.50. The molecule has 25 heavy (non-hydrogen) atoms. The number of carbonyl (C=O) groups is 2. The van der Waals surface area contributed by atoms with E-state index in [-0.39, 0.29) is 24.5 Å². The third-order valence-corrected chi connectivity index (χ3v) is 3.77. The average Bonchev–Trinajstić information content (AvgIpc) is 2.55. The molecule has 0 saturated carbocycles. The molecule has 136 valence electrons. The molecule has 0 radical (unpaired) electrons. The van der Waals surface area contributed by atoms with Gasteiger partial charge in [-0.05, 0) is 39.5 Å². The maximum absolute atomic E-state index is 12.0. The number of hydrazone groups is 1. The van der Waals surface area contributed by atoms with Crippen molar-refractivity contribution >= 4 is 18.2 Å². The van der Waals surface area contributed by atoms with E-state index in [9.17, 15) is 9.59 Å². The van der Waals surface area contributed by atoms with E-state index in [4.69, 9.17) is 4.74 Å². The number of likely N-dealkylation sites (tertiary alicyclic amines) is 1. The predicted molar refractivity (Wildman–Crippen MR) is 93.8 cm³/mol. The second kappa shape index (κ2) is 8.60. The Labute approximate surface area is 148 Å². The Morgan fingerprint density at radius 1 is 1.24 bits per heavy atom. The Hall–Kier alpha value is -2.44. The molecule has 2 amide bonds. The molecule has 1 aliphatic rings. The quantitative estimate of drug-likeness (QED) is 0.512. The second-order valence-electron chi connectivity index (χ2n) is 7.17. The summed E-state index contributed by atoms with van der Waals surface area (Å²) < 4.78 is 7.16.